The van der Waals surface area contributed by atoms with Gasteiger partial charge < -0.3 is 15.0 Å². The van der Waals surface area contributed by atoms with Crippen LogP contribution in [-0.2, 0) is 4.74 Å². The van der Waals surface area contributed by atoms with Gasteiger partial charge in [-0.3, -0.25) is 0 Å². The van der Waals surface area contributed by atoms with Crippen LogP contribution in [0.5, 0.6) is 0 Å². The van der Waals surface area contributed by atoms with E-state index in [1.54, 1.807) is 15.6 Å². The number of halogens is 1. The number of fused-ring (bicyclic) bond motifs is 1. The Morgan fingerprint density at radius 2 is 2.14 bits per heavy atom. The van der Waals surface area contributed by atoms with E-state index in [0.717, 1.165) is 34.6 Å². The number of carbonyl (C=O) groups excluding carboxylic acids is 1. The summed E-state index contributed by atoms with van der Waals surface area (Å²) in [6, 6.07) is 9.56. The molecule has 1 saturated heterocycles. The Morgan fingerprint density at radius 1 is 1.34 bits per heavy atom. The van der Waals surface area contributed by atoms with E-state index in [0.29, 0.717) is 24.7 Å². The first-order valence-corrected chi connectivity index (χ1v) is 10.0. The van der Waals surface area contributed by atoms with Crippen LogP contribution >= 0.6 is 11.6 Å². The number of nitrogens with one attached hydrogen (secondary N) is 1. The summed E-state index contributed by atoms with van der Waals surface area (Å²) < 4.78 is 7.24. The third-order valence-electron chi connectivity index (χ3n) is 5.09. The third-order valence-corrected chi connectivity index (χ3v) is 5.42. The van der Waals surface area contributed by atoms with Gasteiger partial charge in [-0.2, -0.15) is 9.61 Å². The van der Waals surface area contributed by atoms with Crippen LogP contribution < -0.4 is 10.8 Å². The first kappa shape index (κ1) is 19.6. The van der Waals surface area contributed by atoms with Gasteiger partial charge in [-0.25, -0.2) is 9.78 Å². The van der Waals surface area contributed by atoms with E-state index >= 15 is 0 Å². The molecule has 1 aliphatic rings. The highest BCUT2D eigenvalue weighted by molar-refractivity contribution is 6.36. The molecule has 3 heterocycles. The summed E-state index contributed by atoms with van der Waals surface area (Å²) in [7, 11) is 1.97. The third kappa shape index (κ3) is 4.03. The highest BCUT2D eigenvalue weighted by Crippen LogP contribution is 2.28. The number of rotatable bonds is 5. The maximum Gasteiger partial charge on any atom is 0.410 e. The average molecular weight is 412 g/mol. The second-order valence-corrected chi connectivity index (χ2v) is 8.27. The zero-order chi connectivity index (χ0) is 20.6. The smallest absolute Gasteiger partial charge is 0.410 e. The number of benzene rings is 1. The molecule has 0 unspecified atom stereocenters. The molecular formula is C20H23BClN5O2. The van der Waals surface area contributed by atoms with Gasteiger partial charge in [0.2, 0.25) is 0 Å². The van der Waals surface area contributed by atoms with Crippen molar-refractivity contribution in [2.75, 3.05) is 25.0 Å². The standard InChI is InChI=1S/C20H23BClN5O2/c1-20(2)7-9-26(19(28)29-20)10-8-23-17-11-16(13-5-3-4-6-15(13)22)25-18-14(21)12-24-27(17)18/h3-6,11-12,23H,7-10,21H2,1-2H3. The molecule has 3 aromatic rings. The molecule has 150 valence electrons. The number of nitrogens with zero attached hydrogens (tertiary/aromatic N) is 4. The molecule has 29 heavy (non-hydrogen) atoms. The predicted octanol–water partition coefficient (Wildman–Crippen LogP) is 2.34. The lowest BCUT2D eigenvalue weighted by atomic mass is 10.0. The van der Waals surface area contributed by atoms with Crippen molar-refractivity contribution in [2.45, 2.75) is 25.9 Å². The highest BCUT2D eigenvalue weighted by Gasteiger charge is 2.32. The van der Waals surface area contributed by atoms with E-state index < -0.39 is 5.60 Å². The van der Waals surface area contributed by atoms with Crippen molar-refractivity contribution in [1.82, 2.24) is 19.5 Å². The highest BCUT2D eigenvalue weighted by atomic mass is 35.5. The maximum atomic E-state index is 12.2. The predicted molar refractivity (Wildman–Crippen MR) is 117 cm³/mol. The lowest BCUT2D eigenvalue weighted by Crippen LogP contribution is -2.47. The van der Waals surface area contributed by atoms with Gasteiger partial charge in [-0.1, -0.05) is 29.8 Å². The number of anilines is 1. The van der Waals surface area contributed by atoms with E-state index in [1.165, 1.54) is 0 Å². The molecule has 9 heteroatoms. The lowest BCUT2D eigenvalue weighted by molar-refractivity contribution is -0.0244. The topological polar surface area (TPSA) is 71.8 Å². The Morgan fingerprint density at radius 3 is 2.90 bits per heavy atom. The molecule has 1 amide bonds. The quantitative estimate of drug-likeness (QED) is 0.653. The summed E-state index contributed by atoms with van der Waals surface area (Å²) in [5.74, 6) is 0.795. The fraction of sp³-hybridized carbons (Fsp3) is 0.350. The monoisotopic (exact) mass is 411 g/mol. The van der Waals surface area contributed by atoms with Gasteiger partial charge in [-0.05, 0) is 25.4 Å². The molecule has 7 nitrogen and oxygen atoms in total. The largest absolute Gasteiger partial charge is 0.443 e. The number of cyclic esters (lactones) is 1. The average Bonchev–Trinajstić information content (AvgIpc) is 3.04. The van der Waals surface area contributed by atoms with Gasteiger partial charge >= 0.3 is 6.09 Å². The molecule has 1 aliphatic heterocycles. The summed E-state index contributed by atoms with van der Waals surface area (Å²) in [5.41, 5.74) is 2.98. The van der Waals surface area contributed by atoms with Gasteiger partial charge in [0.05, 0.1) is 5.69 Å². The minimum atomic E-state index is -0.394. The summed E-state index contributed by atoms with van der Waals surface area (Å²) >= 11 is 6.38. The number of amides is 1. The van der Waals surface area contributed by atoms with Gasteiger partial charge in [0.15, 0.2) is 5.65 Å². The molecule has 1 N–H and O–H groups in total. The minimum Gasteiger partial charge on any atom is -0.443 e. The van der Waals surface area contributed by atoms with Crippen molar-refractivity contribution >= 4 is 42.5 Å². The molecule has 0 atom stereocenters. The zero-order valence-electron chi connectivity index (χ0n) is 16.8. The number of ether oxygens (including phenoxy) is 1. The number of hydrogen-bond acceptors (Lipinski definition) is 5. The van der Waals surface area contributed by atoms with Gasteiger partial charge in [-0.15, -0.1) is 0 Å². The van der Waals surface area contributed by atoms with E-state index in [9.17, 15) is 4.79 Å². The van der Waals surface area contributed by atoms with Crippen molar-refractivity contribution in [1.29, 1.82) is 0 Å². The molecule has 2 aromatic heterocycles. The Bertz CT molecular complexity index is 1070. The van der Waals surface area contributed by atoms with Crippen LogP contribution in [0.25, 0.3) is 16.9 Å². The molecule has 0 radical (unpaired) electrons. The van der Waals surface area contributed by atoms with Crippen molar-refractivity contribution < 1.29 is 9.53 Å². The Balaban J connectivity index is 1.56. The van der Waals surface area contributed by atoms with Crippen molar-refractivity contribution in [3.05, 3.63) is 41.6 Å². The van der Waals surface area contributed by atoms with Gasteiger partial charge in [0.25, 0.3) is 0 Å². The summed E-state index contributed by atoms with van der Waals surface area (Å²) in [6.45, 7) is 5.66. The van der Waals surface area contributed by atoms with Crippen LogP contribution in [0.4, 0.5) is 10.6 Å². The van der Waals surface area contributed by atoms with Crippen LogP contribution in [0.2, 0.25) is 5.02 Å². The molecule has 0 bridgehead atoms. The second-order valence-electron chi connectivity index (χ2n) is 7.86. The first-order valence-electron chi connectivity index (χ1n) is 9.66. The Labute approximate surface area is 175 Å². The van der Waals surface area contributed by atoms with Crippen LogP contribution in [-0.4, -0.2) is 58.7 Å². The maximum absolute atomic E-state index is 12.2. The molecule has 0 spiro atoms. The molecule has 0 saturated carbocycles. The van der Waals surface area contributed by atoms with Crippen LogP contribution in [0.3, 0.4) is 0 Å². The van der Waals surface area contributed by atoms with Crippen LogP contribution in [0.15, 0.2) is 36.5 Å². The van der Waals surface area contributed by atoms with Crippen molar-refractivity contribution in [3.63, 3.8) is 0 Å². The first-order chi connectivity index (χ1) is 13.8. The lowest BCUT2D eigenvalue weighted by Gasteiger charge is -2.36. The Kier molecular flexibility index (Phi) is 5.12. The zero-order valence-corrected chi connectivity index (χ0v) is 17.5. The van der Waals surface area contributed by atoms with Crippen molar-refractivity contribution in [2.24, 2.45) is 0 Å². The van der Waals surface area contributed by atoms with E-state index in [-0.39, 0.29) is 6.09 Å². The van der Waals surface area contributed by atoms with E-state index in [2.05, 4.69) is 10.4 Å². The summed E-state index contributed by atoms with van der Waals surface area (Å²) in [5, 5.41) is 8.46. The van der Waals surface area contributed by atoms with Gasteiger partial charge in [0.1, 0.15) is 19.3 Å². The fourth-order valence-corrected chi connectivity index (χ4v) is 3.61. The fourth-order valence-electron chi connectivity index (χ4n) is 3.37. The van der Waals surface area contributed by atoms with E-state index in [4.69, 9.17) is 21.3 Å². The number of hydrogen-bond donors (Lipinski definition) is 1. The number of carbonyl (C=O) groups is 1. The normalized spacial score (nSPS) is 16.1. The second kappa shape index (κ2) is 7.59. The van der Waals surface area contributed by atoms with Crippen molar-refractivity contribution in [3.8, 4) is 11.3 Å². The van der Waals surface area contributed by atoms with Crippen LogP contribution in [0, 0.1) is 0 Å². The molecule has 0 aliphatic carbocycles. The number of aromatic nitrogens is 3. The summed E-state index contributed by atoms with van der Waals surface area (Å²) in [4.78, 5) is 18.6. The Hall–Kier alpha value is -2.74. The molecule has 1 aromatic carbocycles. The van der Waals surface area contributed by atoms with Crippen LogP contribution in [0.1, 0.15) is 20.3 Å². The minimum absolute atomic E-state index is 0.269. The molecule has 4 rings (SSSR count). The molecule has 1 fully saturated rings. The van der Waals surface area contributed by atoms with E-state index in [1.807, 2.05) is 52.0 Å². The molecular weight excluding hydrogens is 389 g/mol. The SMILES string of the molecule is Bc1cnn2c(NCCN3CCC(C)(C)OC3=O)cc(-c3ccccc3Cl)nc12. The van der Waals surface area contributed by atoms with Gasteiger partial charge in [0, 0.05) is 48.9 Å². The summed E-state index contributed by atoms with van der Waals surface area (Å²) in [6.07, 6.45) is 2.33.